The minimum Gasteiger partial charge on any atom is -0.461 e. The maximum absolute atomic E-state index is 13.2. The summed E-state index contributed by atoms with van der Waals surface area (Å²) in [5.74, 6) is -0.669. The van der Waals surface area contributed by atoms with E-state index in [-0.39, 0.29) is 31.8 Å². The van der Waals surface area contributed by atoms with Crippen molar-refractivity contribution in [2.24, 2.45) is 5.73 Å². The van der Waals surface area contributed by atoms with Crippen molar-refractivity contribution in [2.45, 2.75) is 31.5 Å². The minimum atomic E-state index is -1.11. The zero-order valence-corrected chi connectivity index (χ0v) is 18.8. The molecule has 4 rings (SSSR count). The van der Waals surface area contributed by atoms with Gasteiger partial charge in [-0.2, -0.15) is 0 Å². The second kappa shape index (κ2) is 9.50. The molecule has 0 saturated carbocycles. The lowest BCUT2D eigenvalue weighted by Crippen LogP contribution is -2.50. The molecule has 4 N–H and O–H groups in total. The fraction of sp³-hybridized carbons (Fsp3) is 0.292. The molecule has 1 fully saturated rings. The van der Waals surface area contributed by atoms with E-state index in [0.29, 0.717) is 23.7 Å². The molecule has 0 atom stereocenters. The first kappa shape index (κ1) is 22.6. The second-order valence-electron chi connectivity index (χ2n) is 8.06. The van der Waals surface area contributed by atoms with Crippen LogP contribution in [0.4, 0.5) is 9.80 Å². The number of carbonyl (C=O) groups is 3. The molecule has 172 valence electrons. The number of likely N-dealkylation sites (tertiary alicyclic amines) is 1. The summed E-state index contributed by atoms with van der Waals surface area (Å²) in [4.78, 5) is 39.0. The molecular weight excluding hydrogens is 442 g/mol. The summed E-state index contributed by atoms with van der Waals surface area (Å²) in [6.45, 7) is 0.713. The summed E-state index contributed by atoms with van der Waals surface area (Å²) in [7, 11) is 0. The zero-order chi connectivity index (χ0) is 23.4. The number of anilines is 1. The number of esters is 1. The minimum absolute atomic E-state index is 0.126. The number of hydrogen-bond donors (Lipinski definition) is 2. The molecule has 0 spiro atoms. The van der Waals surface area contributed by atoms with Gasteiger partial charge in [0.1, 0.15) is 12.2 Å². The molecule has 2 aromatic carbocycles. The van der Waals surface area contributed by atoms with Crippen LogP contribution in [0.3, 0.4) is 0 Å². The quantitative estimate of drug-likeness (QED) is 0.533. The lowest BCUT2D eigenvalue weighted by molar-refractivity contribution is -0.152. The first-order chi connectivity index (χ1) is 15.9. The summed E-state index contributed by atoms with van der Waals surface area (Å²) in [6.07, 6.45) is -0.554. The number of nitrogens with zero attached hydrogens (tertiary/aromatic N) is 1. The van der Waals surface area contributed by atoms with Crippen LogP contribution in [0.15, 0.2) is 54.6 Å². The van der Waals surface area contributed by atoms with Crippen LogP contribution in [0.5, 0.6) is 0 Å². The molecule has 8 nitrogen and oxygen atoms in total. The van der Waals surface area contributed by atoms with Crippen molar-refractivity contribution in [1.29, 1.82) is 0 Å². The molecule has 1 aliphatic rings. The number of amides is 2. The zero-order valence-electron chi connectivity index (χ0n) is 18.0. The predicted molar refractivity (Wildman–Crippen MR) is 126 cm³/mol. The maximum atomic E-state index is 13.2. The molecule has 1 saturated heterocycles. The Morgan fingerprint density at radius 2 is 1.67 bits per heavy atom. The van der Waals surface area contributed by atoms with Gasteiger partial charge in [0.15, 0.2) is 0 Å². The number of thiophene rings is 1. The van der Waals surface area contributed by atoms with Crippen LogP contribution in [0.25, 0.3) is 10.1 Å². The number of benzene rings is 2. The number of rotatable bonds is 6. The van der Waals surface area contributed by atoms with Crippen LogP contribution >= 0.6 is 11.3 Å². The highest BCUT2D eigenvalue weighted by Crippen LogP contribution is 2.36. The van der Waals surface area contributed by atoms with Crippen molar-refractivity contribution in [3.8, 4) is 0 Å². The number of carbonyl (C=O) groups excluding carboxylic acids is 3. The van der Waals surface area contributed by atoms with Crippen LogP contribution in [0, 0.1) is 0 Å². The molecule has 2 amide bonds. The Labute approximate surface area is 195 Å². The van der Waals surface area contributed by atoms with Crippen LogP contribution in [-0.4, -0.2) is 41.6 Å². The Kier molecular flexibility index (Phi) is 6.50. The van der Waals surface area contributed by atoms with E-state index < -0.39 is 17.7 Å². The van der Waals surface area contributed by atoms with Crippen molar-refractivity contribution < 1.29 is 23.9 Å². The molecule has 33 heavy (non-hydrogen) atoms. The summed E-state index contributed by atoms with van der Waals surface area (Å²) in [6, 6.07) is 16.9. The highest BCUT2D eigenvalue weighted by Gasteiger charge is 2.42. The molecule has 9 heteroatoms. The van der Waals surface area contributed by atoms with Crippen molar-refractivity contribution >= 4 is 44.4 Å². The van der Waals surface area contributed by atoms with Gasteiger partial charge in [-0.3, -0.25) is 9.59 Å². The van der Waals surface area contributed by atoms with Gasteiger partial charge in [0.2, 0.25) is 0 Å². The van der Waals surface area contributed by atoms with Crippen molar-refractivity contribution in [2.75, 3.05) is 18.8 Å². The summed E-state index contributed by atoms with van der Waals surface area (Å²) in [5.41, 5.74) is 11.7. The van der Waals surface area contributed by atoms with Gasteiger partial charge in [-0.05, 0) is 11.6 Å². The number of piperidine rings is 1. The summed E-state index contributed by atoms with van der Waals surface area (Å²) < 4.78 is 11.7. The Hall–Kier alpha value is -3.59. The fourth-order valence-electron chi connectivity index (χ4n) is 4.14. The molecule has 1 aliphatic heterocycles. The van der Waals surface area contributed by atoms with Crippen LogP contribution in [0.2, 0.25) is 0 Å². The third kappa shape index (κ3) is 5.09. The van der Waals surface area contributed by atoms with Gasteiger partial charge in [-0.1, -0.05) is 48.5 Å². The third-order valence-electron chi connectivity index (χ3n) is 5.82. The number of nitrogens with two attached hydrogens (primary N) is 2. The highest BCUT2D eigenvalue weighted by molar-refractivity contribution is 7.23. The number of nitrogen functional groups attached to an aromatic ring is 1. The van der Waals surface area contributed by atoms with E-state index in [9.17, 15) is 14.4 Å². The average Bonchev–Trinajstić information content (AvgIpc) is 3.13. The molecule has 0 unspecified atom stereocenters. The normalized spacial score (nSPS) is 15.2. The van der Waals surface area contributed by atoms with Crippen molar-refractivity contribution in [3.63, 3.8) is 0 Å². The van der Waals surface area contributed by atoms with Gasteiger partial charge in [-0.15, -0.1) is 11.3 Å². The molecular formula is C24H25N3O5S. The van der Waals surface area contributed by atoms with Gasteiger partial charge in [0, 0.05) is 36.0 Å². The predicted octanol–water partition coefficient (Wildman–Crippen LogP) is 3.69. The van der Waals surface area contributed by atoms with E-state index in [1.165, 1.54) is 11.3 Å². The number of hydrogen-bond acceptors (Lipinski definition) is 7. The van der Waals surface area contributed by atoms with Gasteiger partial charge in [0.05, 0.1) is 17.0 Å². The van der Waals surface area contributed by atoms with Crippen LogP contribution in [0.1, 0.15) is 35.2 Å². The molecule has 0 bridgehead atoms. The van der Waals surface area contributed by atoms with E-state index in [2.05, 4.69) is 0 Å². The van der Waals surface area contributed by atoms with E-state index in [4.69, 9.17) is 20.9 Å². The SMILES string of the molecule is NC(=O)OC1(CC(=O)OCc2ccccc2)CCN(C(=O)c2c(N)sc3ccccc23)CC1. The monoisotopic (exact) mass is 467 g/mol. The van der Waals surface area contributed by atoms with E-state index >= 15 is 0 Å². The van der Waals surface area contributed by atoms with Gasteiger partial charge in [0.25, 0.3) is 5.91 Å². The topological polar surface area (TPSA) is 125 Å². The molecule has 0 aliphatic carbocycles. The van der Waals surface area contributed by atoms with Gasteiger partial charge >= 0.3 is 12.1 Å². The largest absolute Gasteiger partial charge is 0.461 e. The van der Waals surface area contributed by atoms with Crippen LogP contribution < -0.4 is 11.5 Å². The molecule has 2 heterocycles. The van der Waals surface area contributed by atoms with E-state index in [1.807, 2.05) is 54.6 Å². The maximum Gasteiger partial charge on any atom is 0.405 e. The Bertz CT molecular complexity index is 1170. The fourth-order valence-corrected chi connectivity index (χ4v) is 5.10. The highest BCUT2D eigenvalue weighted by atomic mass is 32.1. The first-order valence-corrected chi connectivity index (χ1v) is 11.4. The number of ether oxygens (including phenoxy) is 2. The van der Waals surface area contributed by atoms with Crippen molar-refractivity contribution in [3.05, 3.63) is 65.7 Å². The Morgan fingerprint density at radius 1 is 1.00 bits per heavy atom. The summed E-state index contributed by atoms with van der Waals surface area (Å²) >= 11 is 1.37. The Balaban J connectivity index is 1.43. The average molecular weight is 468 g/mol. The van der Waals surface area contributed by atoms with E-state index in [1.54, 1.807) is 4.90 Å². The second-order valence-corrected chi connectivity index (χ2v) is 9.14. The summed E-state index contributed by atoms with van der Waals surface area (Å²) in [5, 5.41) is 1.29. The smallest absolute Gasteiger partial charge is 0.405 e. The van der Waals surface area contributed by atoms with Crippen molar-refractivity contribution in [1.82, 2.24) is 4.90 Å². The van der Waals surface area contributed by atoms with Gasteiger partial charge in [-0.25, -0.2) is 4.79 Å². The standard InChI is InChI=1S/C24H25N3O5S/c25-21-20(17-8-4-5-9-18(17)33-21)22(29)27-12-10-24(11-13-27,32-23(26)30)14-19(28)31-15-16-6-2-1-3-7-16/h1-9H,10-15,25H2,(H2,26,30). The molecule has 1 aromatic heterocycles. The number of primary amides is 1. The third-order valence-corrected chi connectivity index (χ3v) is 6.82. The first-order valence-electron chi connectivity index (χ1n) is 10.6. The van der Waals surface area contributed by atoms with Crippen LogP contribution in [-0.2, 0) is 20.9 Å². The molecule has 3 aromatic rings. The van der Waals surface area contributed by atoms with E-state index in [0.717, 1.165) is 15.6 Å². The Morgan fingerprint density at radius 3 is 2.36 bits per heavy atom. The lowest BCUT2D eigenvalue weighted by Gasteiger charge is -2.40. The lowest BCUT2D eigenvalue weighted by atomic mass is 9.87. The van der Waals surface area contributed by atoms with Gasteiger partial charge < -0.3 is 25.8 Å². The number of fused-ring (bicyclic) bond motifs is 1. The molecule has 0 radical (unpaired) electrons.